The largest absolute Gasteiger partial charge is 0.573 e. The molecule has 0 aliphatic carbocycles. The molecule has 2 aromatic carbocycles. The summed E-state index contributed by atoms with van der Waals surface area (Å²) in [5, 5.41) is 1.06. The highest BCUT2D eigenvalue weighted by Gasteiger charge is 2.32. The van der Waals surface area contributed by atoms with Crippen LogP contribution in [0.2, 0.25) is 20.1 Å². The van der Waals surface area contributed by atoms with Crippen LogP contribution in [0.15, 0.2) is 36.4 Å². The van der Waals surface area contributed by atoms with E-state index in [9.17, 15) is 13.2 Å². The van der Waals surface area contributed by atoms with Crippen LogP contribution in [-0.4, -0.2) is 6.36 Å². The third-order valence-electron chi connectivity index (χ3n) is 2.27. The van der Waals surface area contributed by atoms with E-state index in [2.05, 4.69) is 4.74 Å². The van der Waals surface area contributed by atoms with Crippen molar-refractivity contribution in [2.45, 2.75) is 13.3 Å². The van der Waals surface area contributed by atoms with Gasteiger partial charge in [0.1, 0.15) is 0 Å². The third-order valence-corrected chi connectivity index (χ3v) is 3.51. The molecule has 2 rings (SSSR count). The van der Waals surface area contributed by atoms with Crippen molar-refractivity contribution in [2.24, 2.45) is 0 Å². The molecular weight excluding hydrogens is 383 g/mol. The number of aryl methyl sites for hydroxylation is 1. The summed E-state index contributed by atoms with van der Waals surface area (Å²) < 4.78 is 38.9. The Labute approximate surface area is 145 Å². The molecule has 0 saturated carbocycles. The summed E-state index contributed by atoms with van der Waals surface area (Å²) in [5.74, 6) is -0.571. The molecule has 0 N–H and O–H groups in total. The molecule has 0 atom stereocenters. The smallest absolute Gasteiger partial charge is 0.403 e. The average molecular weight is 392 g/mol. The maximum absolute atomic E-state index is 11.8. The van der Waals surface area contributed by atoms with Gasteiger partial charge in [-0.2, -0.15) is 0 Å². The van der Waals surface area contributed by atoms with Crippen molar-refractivity contribution >= 4 is 46.4 Å². The van der Waals surface area contributed by atoms with Gasteiger partial charge in [0, 0.05) is 10.0 Å². The lowest BCUT2D eigenvalue weighted by atomic mass is 10.2. The van der Waals surface area contributed by atoms with E-state index >= 15 is 0 Å². The summed E-state index contributed by atoms with van der Waals surface area (Å²) in [6.45, 7) is 1.94. The monoisotopic (exact) mass is 390 g/mol. The van der Waals surface area contributed by atoms with Crippen molar-refractivity contribution in [3.63, 3.8) is 0 Å². The molecule has 0 bridgehead atoms. The predicted octanol–water partition coefficient (Wildman–Crippen LogP) is 7.19. The minimum Gasteiger partial charge on any atom is -0.403 e. The molecule has 0 unspecified atom stereocenters. The van der Waals surface area contributed by atoms with Gasteiger partial charge in [0.25, 0.3) is 0 Å². The van der Waals surface area contributed by atoms with Gasteiger partial charge in [-0.1, -0.05) is 58.5 Å². The van der Waals surface area contributed by atoms with Crippen molar-refractivity contribution in [2.75, 3.05) is 0 Å². The molecule has 1 nitrogen and oxygen atoms in total. The summed E-state index contributed by atoms with van der Waals surface area (Å²) in [7, 11) is 0. The molecule has 0 aliphatic heterocycles. The van der Waals surface area contributed by atoms with Crippen molar-refractivity contribution in [1.29, 1.82) is 0 Å². The van der Waals surface area contributed by atoms with Gasteiger partial charge in [0.2, 0.25) is 0 Å². The maximum Gasteiger partial charge on any atom is 0.573 e. The third kappa shape index (κ3) is 6.53. The average Bonchev–Trinajstić information content (AvgIpc) is 2.39. The number of hydrogen-bond donors (Lipinski definition) is 0. The lowest BCUT2D eigenvalue weighted by Gasteiger charge is -2.11. The van der Waals surface area contributed by atoms with Crippen molar-refractivity contribution < 1.29 is 17.9 Å². The second-order valence-corrected chi connectivity index (χ2v) is 5.65. The Morgan fingerprint density at radius 2 is 1.41 bits per heavy atom. The SMILES string of the molecule is Cc1ccc(Cl)cc1Cl.FC(F)(F)Oc1c(Cl)cccc1Cl. The second-order valence-electron chi connectivity index (χ2n) is 3.99. The number of ether oxygens (including phenoxy) is 1. The lowest BCUT2D eigenvalue weighted by Crippen LogP contribution is -2.17. The Hall–Kier alpha value is -0.810. The molecule has 0 spiro atoms. The van der Waals surface area contributed by atoms with E-state index in [1.807, 2.05) is 19.1 Å². The van der Waals surface area contributed by atoms with Gasteiger partial charge in [-0.15, -0.1) is 13.2 Å². The van der Waals surface area contributed by atoms with Gasteiger partial charge in [-0.05, 0) is 36.8 Å². The second kappa shape index (κ2) is 8.16. The first kappa shape index (κ1) is 19.2. The molecule has 0 aliphatic rings. The molecular formula is C14H9Cl4F3O. The topological polar surface area (TPSA) is 9.23 Å². The highest BCUT2D eigenvalue weighted by atomic mass is 35.5. The first-order valence-corrected chi connectivity index (χ1v) is 7.23. The van der Waals surface area contributed by atoms with Gasteiger partial charge in [-0.3, -0.25) is 0 Å². The molecule has 0 heterocycles. The zero-order chi connectivity index (χ0) is 16.9. The molecule has 0 aromatic heterocycles. The Bertz CT molecular complexity index is 624. The van der Waals surface area contributed by atoms with E-state index in [4.69, 9.17) is 46.4 Å². The van der Waals surface area contributed by atoms with Crippen LogP contribution in [-0.2, 0) is 0 Å². The first-order valence-electron chi connectivity index (χ1n) is 5.71. The van der Waals surface area contributed by atoms with Crippen LogP contribution in [0, 0.1) is 6.92 Å². The van der Waals surface area contributed by atoms with Crippen molar-refractivity contribution in [1.82, 2.24) is 0 Å². The Balaban J connectivity index is 0.000000235. The van der Waals surface area contributed by atoms with Crippen LogP contribution in [0.25, 0.3) is 0 Å². The fourth-order valence-electron chi connectivity index (χ4n) is 1.26. The van der Waals surface area contributed by atoms with Crippen LogP contribution < -0.4 is 4.74 Å². The fraction of sp³-hybridized carbons (Fsp3) is 0.143. The summed E-state index contributed by atoms with van der Waals surface area (Å²) in [5.41, 5.74) is 1.06. The molecule has 2 aromatic rings. The van der Waals surface area contributed by atoms with Gasteiger partial charge < -0.3 is 4.74 Å². The van der Waals surface area contributed by atoms with Crippen LogP contribution in [0.5, 0.6) is 5.75 Å². The van der Waals surface area contributed by atoms with Crippen LogP contribution >= 0.6 is 46.4 Å². The van der Waals surface area contributed by atoms with Gasteiger partial charge in [0.15, 0.2) is 5.75 Å². The highest BCUT2D eigenvalue weighted by Crippen LogP contribution is 2.36. The van der Waals surface area contributed by atoms with E-state index < -0.39 is 12.1 Å². The molecule has 0 fully saturated rings. The van der Waals surface area contributed by atoms with E-state index in [1.54, 1.807) is 6.07 Å². The number of benzene rings is 2. The molecule has 22 heavy (non-hydrogen) atoms. The Kier molecular flexibility index (Phi) is 7.13. The van der Waals surface area contributed by atoms with E-state index in [-0.39, 0.29) is 10.0 Å². The van der Waals surface area contributed by atoms with Gasteiger partial charge in [0.05, 0.1) is 10.0 Å². The molecule has 8 heteroatoms. The van der Waals surface area contributed by atoms with Gasteiger partial charge in [-0.25, -0.2) is 0 Å². The molecule has 0 radical (unpaired) electrons. The number of alkyl halides is 3. The summed E-state index contributed by atoms with van der Waals surface area (Å²) in [6, 6.07) is 9.39. The van der Waals surface area contributed by atoms with Gasteiger partial charge >= 0.3 is 6.36 Å². The van der Waals surface area contributed by atoms with E-state index in [0.29, 0.717) is 5.02 Å². The summed E-state index contributed by atoms with van der Waals surface area (Å²) in [4.78, 5) is 0. The number of hydrogen-bond acceptors (Lipinski definition) is 1. The number of rotatable bonds is 1. The standard InChI is InChI=1S/C7H3Cl2F3O.C7H6Cl2/c8-4-2-1-3-5(9)6(4)13-7(10,11)12;1-5-2-3-6(8)4-7(5)9/h1-3H;2-4H,1H3. The van der Waals surface area contributed by atoms with Crippen LogP contribution in [0.1, 0.15) is 5.56 Å². The zero-order valence-corrected chi connectivity index (χ0v) is 14.0. The number of para-hydroxylation sites is 1. The highest BCUT2D eigenvalue weighted by molar-refractivity contribution is 6.37. The minimum absolute atomic E-state index is 0.176. The molecule has 0 saturated heterocycles. The number of halogens is 7. The van der Waals surface area contributed by atoms with Crippen LogP contribution in [0.4, 0.5) is 13.2 Å². The Morgan fingerprint density at radius 1 is 0.864 bits per heavy atom. The van der Waals surface area contributed by atoms with Crippen molar-refractivity contribution in [3.8, 4) is 5.75 Å². The van der Waals surface area contributed by atoms with Crippen LogP contribution in [0.3, 0.4) is 0 Å². The first-order chi connectivity index (χ1) is 10.1. The maximum atomic E-state index is 11.8. The van der Waals surface area contributed by atoms with Crippen molar-refractivity contribution in [3.05, 3.63) is 62.1 Å². The minimum atomic E-state index is -4.78. The normalized spacial score (nSPS) is 10.7. The Morgan fingerprint density at radius 3 is 1.82 bits per heavy atom. The summed E-state index contributed by atoms with van der Waals surface area (Å²) in [6.07, 6.45) is -4.78. The lowest BCUT2D eigenvalue weighted by molar-refractivity contribution is -0.274. The molecule has 0 amide bonds. The van der Waals surface area contributed by atoms with E-state index in [1.165, 1.54) is 18.2 Å². The molecule has 120 valence electrons. The fourth-order valence-corrected chi connectivity index (χ4v) is 2.15. The zero-order valence-electron chi connectivity index (χ0n) is 11.0. The quantitative estimate of drug-likeness (QED) is 0.499. The predicted molar refractivity (Wildman–Crippen MR) is 84.3 cm³/mol. The summed E-state index contributed by atoms with van der Waals surface area (Å²) >= 11 is 22.2. The van der Waals surface area contributed by atoms with E-state index in [0.717, 1.165) is 10.6 Å².